The van der Waals surface area contributed by atoms with Crippen molar-refractivity contribution in [3.8, 4) is 22.8 Å². The molecule has 2 aromatic heterocycles. The highest BCUT2D eigenvalue weighted by Crippen LogP contribution is 2.32. The maximum absolute atomic E-state index is 13.0. The average molecular weight is 322 g/mol. The molecule has 0 spiro atoms. The van der Waals surface area contributed by atoms with E-state index < -0.39 is 0 Å². The Morgan fingerprint density at radius 1 is 1.12 bits per heavy atom. The smallest absolute Gasteiger partial charge is 0.205 e. The fourth-order valence-corrected chi connectivity index (χ4v) is 2.80. The van der Waals surface area contributed by atoms with Crippen molar-refractivity contribution >= 4 is 21.9 Å². The van der Waals surface area contributed by atoms with Gasteiger partial charge in [0.2, 0.25) is 5.43 Å². The first-order valence-electron chi connectivity index (χ1n) is 7.34. The third-order valence-corrected chi connectivity index (χ3v) is 4.00. The third-order valence-electron chi connectivity index (χ3n) is 4.00. The highest BCUT2D eigenvalue weighted by molar-refractivity contribution is 5.95. The average Bonchev–Trinajstić information content (AvgIpc) is 3.05. The van der Waals surface area contributed by atoms with Crippen molar-refractivity contribution in [1.29, 1.82) is 0 Å². The van der Waals surface area contributed by atoms with Crippen LogP contribution in [0.3, 0.4) is 0 Å². The van der Waals surface area contributed by atoms with Gasteiger partial charge in [-0.1, -0.05) is 18.2 Å². The van der Waals surface area contributed by atoms with Gasteiger partial charge in [-0.15, -0.1) is 0 Å². The molecule has 0 saturated heterocycles. The van der Waals surface area contributed by atoms with Crippen LogP contribution in [0.15, 0.2) is 51.9 Å². The molecule has 2 aromatic carbocycles. The van der Waals surface area contributed by atoms with Crippen LogP contribution in [0.2, 0.25) is 0 Å². The number of hydrogen-bond acceptors (Lipinski definition) is 5. The number of ether oxygens (including phenoxy) is 2. The lowest BCUT2D eigenvalue weighted by Gasteiger charge is -2.08. The predicted molar refractivity (Wildman–Crippen MR) is 90.7 cm³/mol. The second kappa shape index (κ2) is 5.42. The molecule has 0 atom stereocenters. The van der Waals surface area contributed by atoms with Crippen LogP contribution in [0.5, 0.6) is 11.5 Å². The summed E-state index contributed by atoms with van der Waals surface area (Å²) >= 11 is 0. The van der Waals surface area contributed by atoms with E-state index in [9.17, 15) is 4.79 Å². The number of aromatic amines is 1. The maximum atomic E-state index is 13.0. The van der Waals surface area contributed by atoms with Gasteiger partial charge in [-0.3, -0.25) is 9.89 Å². The molecule has 0 radical (unpaired) electrons. The summed E-state index contributed by atoms with van der Waals surface area (Å²) in [6, 6.07) is 10.9. The minimum Gasteiger partial charge on any atom is -0.496 e. The van der Waals surface area contributed by atoms with Gasteiger partial charge in [-0.25, -0.2) is 0 Å². The molecule has 4 aromatic rings. The Hall–Kier alpha value is -3.28. The Bertz CT molecular complexity index is 1110. The monoisotopic (exact) mass is 322 g/mol. The number of H-pyrrole nitrogens is 1. The van der Waals surface area contributed by atoms with Crippen LogP contribution in [-0.2, 0) is 0 Å². The van der Waals surface area contributed by atoms with Gasteiger partial charge in [-0.05, 0) is 6.07 Å². The van der Waals surface area contributed by atoms with E-state index in [2.05, 4.69) is 10.2 Å². The fourth-order valence-electron chi connectivity index (χ4n) is 2.80. The van der Waals surface area contributed by atoms with Gasteiger partial charge < -0.3 is 13.9 Å². The number of methoxy groups -OCH3 is 2. The molecule has 6 heteroatoms. The van der Waals surface area contributed by atoms with Crippen molar-refractivity contribution < 1.29 is 13.9 Å². The Balaban J connectivity index is 2.04. The molecule has 0 aliphatic rings. The quantitative estimate of drug-likeness (QED) is 0.626. The van der Waals surface area contributed by atoms with Crippen LogP contribution in [0.4, 0.5) is 0 Å². The number of para-hydroxylation sites is 1. The zero-order valence-electron chi connectivity index (χ0n) is 13.1. The SMILES string of the molecule is COc1cc(OC)c2c(=O)c(-c3n[nH]c4ccccc34)coc2c1. The van der Waals surface area contributed by atoms with E-state index in [-0.39, 0.29) is 5.43 Å². The van der Waals surface area contributed by atoms with Gasteiger partial charge in [0.05, 0.1) is 25.3 Å². The van der Waals surface area contributed by atoms with Gasteiger partial charge in [0.25, 0.3) is 0 Å². The molecule has 24 heavy (non-hydrogen) atoms. The lowest BCUT2D eigenvalue weighted by molar-refractivity contribution is 0.396. The highest BCUT2D eigenvalue weighted by Gasteiger charge is 2.18. The Kier molecular flexibility index (Phi) is 3.23. The fraction of sp³-hybridized carbons (Fsp3) is 0.111. The van der Waals surface area contributed by atoms with E-state index in [1.54, 1.807) is 19.2 Å². The molecule has 0 unspecified atom stereocenters. The molecular formula is C18H14N2O4. The first-order valence-corrected chi connectivity index (χ1v) is 7.34. The molecule has 4 rings (SSSR count). The van der Waals surface area contributed by atoms with Crippen molar-refractivity contribution in [3.63, 3.8) is 0 Å². The van der Waals surface area contributed by atoms with E-state index in [4.69, 9.17) is 13.9 Å². The lowest BCUT2D eigenvalue weighted by atomic mass is 10.1. The van der Waals surface area contributed by atoms with E-state index in [0.717, 1.165) is 10.9 Å². The predicted octanol–water partition coefficient (Wildman–Crippen LogP) is 3.35. The van der Waals surface area contributed by atoms with Gasteiger partial charge in [0.1, 0.15) is 34.4 Å². The van der Waals surface area contributed by atoms with Crippen LogP contribution in [0.25, 0.3) is 33.1 Å². The topological polar surface area (TPSA) is 77.4 Å². The highest BCUT2D eigenvalue weighted by atomic mass is 16.5. The molecule has 1 N–H and O–H groups in total. The summed E-state index contributed by atoms with van der Waals surface area (Å²) in [6.07, 6.45) is 1.42. The number of nitrogens with zero attached hydrogens (tertiary/aromatic N) is 1. The Labute approximate surface area is 136 Å². The van der Waals surface area contributed by atoms with Crippen molar-refractivity contribution in [2.24, 2.45) is 0 Å². The Morgan fingerprint density at radius 2 is 1.96 bits per heavy atom. The zero-order valence-corrected chi connectivity index (χ0v) is 13.1. The standard InChI is InChI=1S/C18H14N2O4/c1-22-10-7-14(23-2)16-15(8-10)24-9-12(18(16)21)17-11-5-3-4-6-13(11)19-20-17/h3-9H,1-2H3,(H,19,20). The van der Waals surface area contributed by atoms with Crippen molar-refractivity contribution in [2.75, 3.05) is 14.2 Å². The molecule has 0 aliphatic carbocycles. The molecule has 120 valence electrons. The maximum Gasteiger partial charge on any atom is 0.205 e. The third kappa shape index (κ3) is 2.04. The second-order valence-electron chi connectivity index (χ2n) is 5.30. The normalized spacial score (nSPS) is 11.1. The number of benzene rings is 2. The van der Waals surface area contributed by atoms with Gasteiger partial charge >= 0.3 is 0 Å². The summed E-state index contributed by atoms with van der Waals surface area (Å²) in [4.78, 5) is 13.0. The number of hydrogen-bond donors (Lipinski definition) is 1. The van der Waals surface area contributed by atoms with Gasteiger partial charge in [-0.2, -0.15) is 5.10 Å². The second-order valence-corrected chi connectivity index (χ2v) is 5.30. The van der Waals surface area contributed by atoms with E-state index in [0.29, 0.717) is 33.7 Å². The molecule has 6 nitrogen and oxygen atoms in total. The summed E-state index contributed by atoms with van der Waals surface area (Å²) in [5, 5.41) is 8.42. The number of rotatable bonds is 3. The van der Waals surface area contributed by atoms with Crippen molar-refractivity contribution in [3.05, 3.63) is 52.9 Å². The minimum atomic E-state index is -0.201. The summed E-state index contributed by atoms with van der Waals surface area (Å²) in [6.45, 7) is 0. The molecule has 2 heterocycles. The van der Waals surface area contributed by atoms with E-state index >= 15 is 0 Å². The summed E-state index contributed by atoms with van der Waals surface area (Å²) in [7, 11) is 3.05. The molecular weight excluding hydrogens is 308 g/mol. The number of aromatic nitrogens is 2. The van der Waals surface area contributed by atoms with Gasteiger partial charge in [0, 0.05) is 17.5 Å². The minimum absolute atomic E-state index is 0.201. The first kappa shape index (κ1) is 14.3. The number of nitrogens with one attached hydrogen (secondary N) is 1. The van der Waals surface area contributed by atoms with Crippen LogP contribution in [-0.4, -0.2) is 24.4 Å². The summed E-state index contributed by atoms with van der Waals surface area (Å²) < 4.78 is 16.2. The van der Waals surface area contributed by atoms with Crippen LogP contribution >= 0.6 is 0 Å². The molecule has 0 saturated carbocycles. The van der Waals surface area contributed by atoms with E-state index in [1.165, 1.54) is 13.4 Å². The molecule has 0 fully saturated rings. The van der Waals surface area contributed by atoms with Crippen LogP contribution in [0.1, 0.15) is 0 Å². The molecule has 0 amide bonds. The molecule has 0 bridgehead atoms. The van der Waals surface area contributed by atoms with Crippen LogP contribution < -0.4 is 14.9 Å². The Morgan fingerprint density at radius 3 is 2.75 bits per heavy atom. The summed E-state index contributed by atoms with van der Waals surface area (Å²) in [5.41, 5.74) is 1.99. The first-order chi connectivity index (χ1) is 11.7. The van der Waals surface area contributed by atoms with E-state index in [1.807, 2.05) is 24.3 Å². The van der Waals surface area contributed by atoms with Crippen molar-refractivity contribution in [1.82, 2.24) is 10.2 Å². The number of fused-ring (bicyclic) bond motifs is 2. The molecule has 0 aliphatic heterocycles. The largest absolute Gasteiger partial charge is 0.496 e. The van der Waals surface area contributed by atoms with Crippen LogP contribution in [0, 0.1) is 0 Å². The van der Waals surface area contributed by atoms with Crippen molar-refractivity contribution in [2.45, 2.75) is 0 Å². The summed E-state index contributed by atoms with van der Waals surface area (Å²) in [5.74, 6) is 0.959. The van der Waals surface area contributed by atoms with Gasteiger partial charge in [0.15, 0.2) is 0 Å². The zero-order chi connectivity index (χ0) is 16.7. The lowest BCUT2D eigenvalue weighted by Crippen LogP contribution is -2.07.